The van der Waals surface area contributed by atoms with Crippen LogP contribution < -0.4 is 10.1 Å². The van der Waals surface area contributed by atoms with Crippen LogP contribution in [0.1, 0.15) is 16.4 Å². The Balaban J connectivity index is 1.44. The summed E-state index contributed by atoms with van der Waals surface area (Å²) in [6, 6.07) is 18.0. The fourth-order valence-electron chi connectivity index (χ4n) is 3.08. The molecule has 142 valence electrons. The molecule has 29 heavy (non-hydrogen) atoms. The lowest BCUT2D eigenvalue weighted by Crippen LogP contribution is -2.10. The Morgan fingerprint density at radius 2 is 1.86 bits per heavy atom. The third-order valence-corrected chi connectivity index (χ3v) is 4.43. The van der Waals surface area contributed by atoms with Crippen molar-refractivity contribution < 1.29 is 13.9 Å². The van der Waals surface area contributed by atoms with Crippen LogP contribution in [0.3, 0.4) is 0 Å². The van der Waals surface area contributed by atoms with Gasteiger partial charge in [-0.25, -0.2) is 4.98 Å². The molecule has 8 heteroatoms. The number of aryl methyl sites for hydroxylation is 1. The molecule has 2 aromatic carbocycles. The zero-order valence-electron chi connectivity index (χ0n) is 15.4. The van der Waals surface area contributed by atoms with Crippen LogP contribution in [-0.4, -0.2) is 25.5 Å². The molecule has 3 heterocycles. The van der Waals surface area contributed by atoms with Crippen molar-refractivity contribution in [3.63, 3.8) is 0 Å². The highest BCUT2D eigenvalue weighted by Crippen LogP contribution is 2.28. The number of benzene rings is 2. The van der Waals surface area contributed by atoms with Gasteiger partial charge in [0.25, 0.3) is 11.8 Å². The highest BCUT2D eigenvalue weighted by atomic mass is 16.5. The molecule has 0 aliphatic heterocycles. The predicted octanol–water partition coefficient (Wildman–Crippen LogP) is 4.22. The lowest BCUT2D eigenvalue weighted by atomic mass is 10.3. The summed E-state index contributed by atoms with van der Waals surface area (Å²) in [6.07, 6.45) is 1.45. The Morgan fingerprint density at radius 1 is 1.03 bits per heavy atom. The van der Waals surface area contributed by atoms with E-state index in [1.165, 1.54) is 6.26 Å². The molecule has 0 fully saturated rings. The fourth-order valence-corrected chi connectivity index (χ4v) is 3.08. The van der Waals surface area contributed by atoms with E-state index in [2.05, 4.69) is 20.5 Å². The Hall–Kier alpha value is -4.20. The average Bonchev–Trinajstić information content (AvgIpc) is 3.40. The van der Waals surface area contributed by atoms with E-state index in [0.717, 1.165) is 16.9 Å². The fraction of sp³-hybridized carbons (Fsp3) is 0.0476. The smallest absolute Gasteiger partial charge is 0.291 e. The minimum Gasteiger partial charge on any atom is -0.459 e. The highest BCUT2D eigenvalue weighted by Gasteiger charge is 2.15. The lowest BCUT2D eigenvalue weighted by Gasteiger charge is -2.09. The molecule has 0 aliphatic rings. The summed E-state index contributed by atoms with van der Waals surface area (Å²) in [5.41, 5.74) is 2.85. The first-order valence-corrected chi connectivity index (χ1v) is 8.92. The van der Waals surface area contributed by atoms with E-state index in [1.807, 2.05) is 35.6 Å². The average molecular weight is 385 g/mol. The van der Waals surface area contributed by atoms with E-state index in [1.54, 1.807) is 36.4 Å². The SMILES string of the molecule is Cc1nnc2c(Oc3ccc(NC(=O)c4ccco4)cc3)nc3ccccc3n12. The number of anilines is 1. The van der Waals surface area contributed by atoms with Gasteiger partial charge in [-0.1, -0.05) is 12.1 Å². The summed E-state index contributed by atoms with van der Waals surface area (Å²) in [7, 11) is 0. The minimum absolute atomic E-state index is 0.246. The van der Waals surface area contributed by atoms with Gasteiger partial charge in [-0.05, 0) is 55.5 Å². The Labute approximate surface area is 164 Å². The van der Waals surface area contributed by atoms with E-state index < -0.39 is 0 Å². The van der Waals surface area contributed by atoms with Crippen molar-refractivity contribution in [2.45, 2.75) is 6.92 Å². The van der Waals surface area contributed by atoms with Crippen molar-refractivity contribution in [3.05, 3.63) is 78.5 Å². The molecule has 0 bridgehead atoms. The first-order chi connectivity index (χ1) is 14.2. The van der Waals surface area contributed by atoms with Crippen LogP contribution in [0.4, 0.5) is 5.69 Å². The monoisotopic (exact) mass is 385 g/mol. The van der Waals surface area contributed by atoms with Crippen LogP contribution in [0.2, 0.25) is 0 Å². The number of para-hydroxylation sites is 2. The Morgan fingerprint density at radius 3 is 2.66 bits per heavy atom. The normalized spacial score (nSPS) is 11.1. The van der Waals surface area contributed by atoms with Crippen molar-refractivity contribution in [1.29, 1.82) is 0 Å². The van der Waals surface area contributed by atoms with Crippen LogP contribution in [0.25, 0.3) is 16.7 Å². The van der Waals surface area contributed by atoms with Gasteiger partial charge in [-0.2, -0.15) is 0 Å². The molecule has 0 spiro atoms. The molecule has 0 atom stereocenters. The first kappa shape index (κ1) is 16.9. The van der Waals surface area contributed by atoms with Crippen molar-refractivity contribution >= 4 is 28.3 Å². The van der Waals surface area contributed by atoms with Gasteiger partial charge in [0, 0.05) is 5.69 Å². The number of hydrogen-bond acceptors (Lipinski definition) is 6. The number of aromatic nitrogens is 4. The zero-order chi connectivity index (χ0) is 19.8. The molecule has 0 unspecified atom stereocenters. The number of nitrogens with zero attached hydrogens (tertiary/aromatic N) is 4. The summed E-state index contributed by atoms with van der Waals surface area (Å²) in [5, 5.41) is 11.1. The van der Waals surface area contributed by atoms with Gasteiger partial charge in [0.1, 0.15) is 11.6 Å². The summed E-state index contributed by atoms with van der Waals surface area (Å²) in [5.74, 6) is 1.60. The number of rotatable bonds is 4. The largest absolute Gasteiger partial charge is 0.459 e. The molecule has 1 amide bonds. The molecule has 5 rings (SSSR count). The number of fused-ring (bicyclic) bond motifs is 3. The molecular weight excluding hydrogens is 370 g/mol. The second kappa shape index (κ2) is 6.75. The summed E-state index contributed by atoms with van der Waals surface area (Å²) in [6.45, 7) is 1.88. The summed E-state index contributed by atoms with van der Waals surface area (Å²) in [4.78, 5) is 16.6. The van der Waals surface area contributed by atoms with E-state index in [4.69, 9.17) is 9.15 Å². The molecule has 0 aliphatic carbocycles. The van der Waals surface area contributed by atoms with Gasteiger partial charge >= 0.3 is 0 Å². The zero-order valence-corrected chi connectivity index (χ0v) is 15.4. The maximum absolute atomic E-state index is 12.1. The third kappa shape index (κ3) is 3.06. The van der Waals surface area contributed by atoms with Crippen LogP contribution in [0, 0.1) is 6.92 Å². The Bertz CT molecular complexity index is 1320. The molecule has 0 saturated heterocycles. The van der Waals surface area contributed by atoms with E-state index in [9.17, 15) is 4.79 Å². The highest BCUT2D eigenvalue weighted by molar-refractivity contribution is 6.02. The lowest BCUT2D eigenvalue weighted by molar-refractivity contribution is 0.0996. The number of hydrogen-bond donors (Lipinski definition) is 1. The van der Waals surface area contributed by atoms with Gasteiger partial charge in [-0.15, -0.1) is 10.2 Å². The van der Waals surface area contributed by atoms with E-state index in [-0.39, 0.29) is 11.7 Å². The molecule has 0 saturated carbocycles. The number of amides is 1. The van der Waals surface area contributed by atoms with Crippen LogP contribution in [0.15, 0.2) is 71.3 Å². The quantitative estimate of drug-likeness (QED) is 0.498. The van der Waals surface area contributed by atoms with Gasteiger partial charge in [0.2, 0.25) is 5.65 Å². The summed E-state index contributed by atoms with van der Waals surface area (Å²) >= 11 is 0. The molecule has 1 N–H and O–H groups in total. The Kier molecular flexibility index (Phi) is 3.94. The summed E-state index contributed by atoms with van der Waals surface area (Å²) < 4.78 is 13.0. The maximum atomic E-state index is 12.1. The standard InChI is InChI=1S/C21H15N5O3/c1-13-24-25-19-21(23-16-5-2-3-6-17(16)26(13)19)29-15-10-8-14(9-11-15)22-20(27)18-7-4-12-28-18/h2-12H,1H3,(H,22,27). The number of carbonyl (C=O) groups excluding carboxylic acids is 1. The maximum Gasteiger partial charge on any atom is 0.291 e. The molecule has 3 aromatic heterocycles. The molecule has 5 aromatic rings. The first-order valence-electron chi connectivity index (χ1n) is 8.92. The van der Waals surface area contributed by atoms with E-state index in [0.29, 0.717) is 23.0 Å². The second-order valence-corrected chi connectivity index (χ2v) is 6.37. The number of ether oxygens (including phenoxy) is 1. The number of carbonyl (C=O) groups is 1. The third-order valence-electron chi connectivity index (χ3n) is 4.43. The van der Waals surface area contributed by atoms with Crippen LogP contribution in [0.5, 0.6) is 11.6 Å². The van der Waals surface area contributed by atoms with Gasteiger partial charge in [-0.3, -0.25) is 9.20 Å². The topological polar surface area (TPSA) is 94.6 Å². The van der Waals surface area contributed by atoms with Crippen LogP contribution >= 0.6 is 0 Å². The van der Waals surface area contributed by atoms with Crippen molar-refractivity contribution in [2.24, 2.45) is 0 Å². The van der Waals surface area contributed by atoms with E-state index >= 15 is 0 Å². The molecule has 8 nitrogen and oxygen atoms in total. The minimum atomic E-state index is -0.319. The van der Waals surface area contributed by atoms with Gasteiger partial charge < -0.3 is 14.5 Å². The van der Waals surface area contributed by atoms with Crippen molar-refractivity contribution in [3.8, 4) is 11.6 Å². The molecular formula is C21H15N5O3. The van der Waals surface area contributed by atoms with Crippen molar-refractivity contribution in [2.75, 3.05) is 5.32 Å². The molecule has 0 radical (unpaired) electrons. The van der Waals surface area contributed by atoms with Crippen molar-refractivity contribution in [1.82, 2.24) is 19.6 Å². The predicted molar refractivity (Wildman–Crippen MR) is 106 cm³/mol. The van der Waals surface area contributed by atoms with Gasteiger partial charge in [0.15, 0.2) is 5.76 Å². The number of furan rings is 1. The second-order valence-electron chi connectivity index (χ2n) is 6.37. The number of nitrogens with one attached hydrogen (secondary N) is 1. The van der Waals surface area contributed by atoms with Crippen LogP contribution in [-0.2, 0) is 0 Å². The van der Waals surface area contributed by atoms with Gasteiger partial charge in [0.05, 0.1) is 17.3 Å².